The molecule has 1 atom stereocenters. The molecule has 0 spiro atoms. The number of likely N-dealkylation sites (tertiary alicyclic amines) is 2. The lowest BCUT2D eigenvalue weighted by Crippen LogP contribution is -3.00. The zero-order valence-corrected chi connectivity index (χ0v) is 23.3. The van der Waals surface area contributed by atoms with Gasteiger partial charge in [-0.1, -0.05) is 67.3 Å². The molecule has 2 fully saturated rings. The number of carbonyl (C=O) groups is 2. The van der Waals surface area contributed by atoms with E-state index in [1.54, 1.807) is 11.0 Å². The van der Waals surface area contributed by atoms with Crippen LogP contribution in [0.4, 0.5) is 4.79 Å². The summed E-state index contributed by atoms with van der Waals surface area (Å²) < 4.78 is 5.14. The van der Waals surface area contributed by atoms with E-state index in [1.165, 1.54) is 15.9 Å². The highest BCUT2D eigenvalue weighted by molar-refractivity contribution is 7.96. The van der Waals surface area contributed by atoms with Crippen molar-refractivity contribution in [2.24, 2.45) is 5.92 Å². The third-order valence-corrected chi connectivity index (χ3v) is 12.0. The van der Waals surface area contributed by atoms with Gasteiger partial charge in [0.2, 0.25) is 0 Å². The van der Waals surface area contributed by atoms with Gasteiger partial charge in [-0.25, -0.2) is 4.79 Å². The van der Waals surface area contributed by atoms with Crippen molar-refractivity contribution < 1.29 is 31.3 Å². The zero-order chi connectivity index (χ0) is 25.0. The van der Waals surface area contributed by atoms with Crippen LogP contribution in [0.5, 0.6) is 0 Å². The fourth-order valence-corrected chi connectivity index (χ4v) is 10.5. The minimum atomic E-state index is -2.25. The summed E-state index contributed by atoms with van der Waals surface area (Å²) in [6.07, 6.45) is 2.09. The van der Waals surface area contributed by atoms with Crippen molar-refractivity contribution in [2.75, 3.05) is 32.8 Å². The number of rotatable bonds is 8. The number of hydrogen-bond donors (Lipinski definition) is 0. The Morgan fingerprint density at radius 3 is 1.84 bits per heavy atom. The average molecular weight is 579 g/mol. The summed E-state index contributed by atoms with van der Waals surface area (Å²) in [5.74, 6) is 0.509. The molecule has 2 heterocycles. The van der Waals surface area contributed by atoms with Crippen LogP contribution in [0.2, 0.25) is 0 Å². The molecule has 5 rings (SSSR count). The first kappa shape index (κ1) is 27.1. The maximum Gasteiger partial charge on any atom is 0.410 e. The van der Waals surface area contributed by atoms with E-state index in [0.29, 0.717) is 19.6 Å². The topological polar surface area (TPSA) is 49.9 Å². The first-order valence-electron chi connectivity index (χ1n) is 12.5. The SMILES string of the molecule is C=CCOC(=O)N1CC(CN2CC[C@@H]([P+](c3ccccc3)(c3ccccc3)c3ccccc3)C2=O)C1.[Br-]. The molecule has 0 unspecified atom stereocenters. The van der Waals surface area contributed by atoms with Crippen molar-refractivity contribution in [2.45, 2.75) is 12.1 Å². The number of benzene rings is 3. The van der Waals surface area contributed by atoms with Gasteiger partial charge in [0, 0.05) is 38.5 Å². The molecule has 0 aliphatic carbocycles. The van der Waals surface area contributed by atoms with E-state index in [4.69, 9.17) is 4.74 Å². The van der Waals surface area contributed by atoms with Crippen LogP contribution in [-0.2, 0) is 9.53 Å². The number of halogens is 1. The molecule has 37 heavy (non-hydrogen) atoms. The van der Waals surface area contributed by atoms with Gasteiger partial charge < -0.3 is 31.5 Å². The highest BCUT2D eigenvalue weighted by atomic mass is 79.9. The summed E-state index contributed by atoms with van der Waals surface area (Å²) in [5, 5.41) is 3.71. The number of nitrogens with zero attached hydrogens (tertiary/aromatic N) is 2. The second-order valence-corrected chi connectivity index (χ2v) is 13.1. The molecule has 2 aliphatic rings. The molecule has 0 bridgehead atoms. The van der Waals surface area contributed by atoms with Gasteiger partial charge in [-0.3, -0.25) is 4.79 Å². The molecule has 3 aromatic carbocycles. The van der Waals surface area contributed by atoms with Crippen LogP contribution in [0.15, 0.2) is 104 Å². The van der Waals surface area contributed by atoms with Crippen LogP contribution in [0.3, 0.4) is 0 Å². The number of carbonyl (C=O) groups excluding carboxylic acids is 2. The molecule has 192 valence electrons. The average Bonchev–Trinajstić information content (AvgIpc) is 3.27. The second-order valence-electron chi connectivity index (χ2n) is 9.45. The molecule has 2 amide bonds. The predicted octanol–water partition coefficient (Wildman–Crippen LogP) is 0.840. The second kappa shape index (κ2) is 12.1. The Kier molecular flexibility index (Phi) is 8.83. The first-order valence-corrected chi connectivity index (χ1v) is 14.4. The monoisotopic (exact) mass is 578 g/mol. The van der Waals surface area contributed by atoms with Gasteiger partial charge in [-0.05, 0) is 36.4 Å². The predicted molar refractivity (Wildman–Crippen MR) is 147 cm³/mol. The van der Waals surface area contributed by atoms with E-state index < -0.39 is 7.26 Å². The van der Waals surface area contributed by atoms with E-state index >= 15 is 0 Å². The molecular formula is C30H32BrN2O3P. The van der Waals surface area contributed by atoms with E-state index in [9.17, 15) is 9.59 Å². The third kappa shape index (κ3) is 5.23. The number of ether oxygens (including phenoxy) is 1. The molecule has 3 aromatic rings. The lowest BCUT2D eigenvalue weighted by molar-refractivity contribution is -0.128. The van der Waals surface area contributed by atoms with Gasteiger partial charge in [0.15, 0.2) is 5.66 Å². The van der Waals surface area contributed by atoms with Gasteiger partial charge >= 0.3 is 6.09 Å². The molecule has 5 nitrogen and oxygen atoms in total. The Balaban J connectivity index is 0.00000320. The smallest absolute Gasteiger partial charge is 0.410 e. The molecule has 2 aliphatic heterocycles. The minimum Gasteiger partial charge on any atom is -1.00 e. The summed E-state index contributed by atoms with van der Waals surface area (Å²) in [6.45, 7) is 6.48. The Labute approximate surface area is 230 Å². The Bertz CT molecular complexity index is 1110. The van der Waals surface area contributed by atoms with Crippen LogP contribution in [0.25, 0.3) is 0 Å². The molecule has 0 saturated carbocycles. The van der Waals surface area contributed by atoms with E-state index in [2.05, 4.69) is 79.4 Å². The molecule has 0 radical (unpaired) electrons. The first-order chi connectivity index (χ1) is 17.6. The zero-order valence-electron chi connectivity index (χ0n) is 20.8. The van der Waals surface area contributed by atoms with Crippen LogP contribution >= 0.6 is 7.26 Å². The van der Waals surface area contributed by atoms with Crippen molar-refractivity contribution >= 4 is 35.2 Å². The van der Waals surface area contributed by atoms with Gasteiger partial charge in [0.25, 0.3) is 5.91 Å². The van der Waals surface area contributed by atoms with E-state index in [0.717, 1.165) is 13.0 Å². The minimum absolute atomic E-state index is 0. The highest BCUT2D eigenvalue weighted by Gasteiger charge is 2.58. The van der Waals surface area contributed by atoms with Crippen molar-refractivity contribution in [3.63, 3.8) is 0 Å². The molecule has 0 N–H and O–H groups in total. The molecular weight excluding hydrogens is 547 g/mol. The Hall–Kier alpha value is -2.95. The van der Waals surface area contributed by atoms with Crippen molar-refractivity contribution in [1.29, 1.82) is 0 Å². The van der Waals surface area contributed by atoms with E-state index in [-0.39, 0.29) is 47.2 Å². The maximum atomic E-state index is 14.1. The van der Waals surface area contributed by atoms with Gasteiger partial charge in [0.1, 0.15) is 29.8 Å². The quantitative estimate of drug-likeness (QED) is 0.294. The maximum absolute atomic E-state index is 14.1. The van der Waals surface area contributed by atoms with Crippen LogP contribution in [0.1, 0.15) is 6.42 Å². The van der Waals surface area contributed by atoms with Crippen molar-refractivity contribution in [3.8, 4) is 0 Å². The van der Waals surface area contributed by atoms with Gasteiger partial charge in [-0.15, -0.1) is 0 Å². The van der Waals surface area contributed by atoms with Crippen molar-refractivity contribution in [3.05, 3.63) is 104 Å². The summed E-state index contributed by atoms with van der Waals surface area (Å²) in [4.78, 5) is 29.9. The van der Waals surface area contributed by atoms with Crippen LogP contribution in [-0.4, -0.2) is 60.2 Å². The summed E-state index contributed by atoms with van der Waals surface area (Å²) >= 11 is 0. The summed E-state index contributed by atoms with van der Waals surface area (Å²) in [5.41, 5.74) is -0.113. The summed E-state index contributed by atoms with van der Waals surface area (Å²) in [6, 6.07) is 31.8. The van der Waals surface area contributed by atoms with Gasteiger partial charge in [0.05, 0.1) is 0 Å². The summed E-state index contributed by atoms with van der Waals surface area (Å²) in [7, 11) is -2.25. The third-order valence-electron chi connectivity index (χ3n) is 7.25. The highest BCUT2D eigenvalue weighted by Crippen LogP contribution is 2.62. The van der Waals surface area contributed by atoms with Gasteiger partial charge in [-0.2, -0.15) is 0 Å². The lowest BCUT2D eigenvalue weighted by Gasteiger charge is -2.40. The molecule has 7 heteroatoms. The Morgan fingerprint density at radius 1 is 0.892 bits per heavy atom. The molecule has 2 saturated heterocycles. The van der Waals surface area contributed by atoms with Crippen LogP contribution in [0, 0.1) is 5.92 Å². The lowest BCUT2D eigenvalue weighted by atomic mass is 10.0. The number of amides is 2. The fraction of sp³-hybridized carbons (Fsp3) is 0.267. The standard InChI is InChI=1S/C30H32N2O3P.BrH/c1-2-20-35-30(34)32-22-24(23-32)21-31-19-18-28(29(31)33)36(25-12-6-3-7-13-25,26-14-8-4-9-15-26)27-16-10-5-11-17-27;/h2-17,24,28H,1,18-23H2;1H/q+1;/p-1/t28-;/m1./s1. The largest absolute Gasteiger partial charge is 1.00 e. The fourth-order valence-electron chi connectivity index (χ4n) is 5.61. The number of hydrogen-bond acceptors (Lipinski definition) is 3. The normalized spacial score (nSPS) is 17.6. The molecule has 0 aromatic heterocycles. The van der Waals surface area contributed by atoms with E-state index in [1.807, 2.05) is 23.1 Å². The van der Waals surface area contributed by atoms with Crippen molar-refractivity contribution in [1.82, 2.24) is 9.80 Å². The Morgan fingerprint density at radius 2 is 1.38 bits per heavy atom. The van der Waals surface area contributed by atoms with Crippen LogP contribution < -0.4 is 32.9 Å².